The maximum Gasteiger partial charge on any atom is 0.223 e. The van der Waals surface area contributed by atoms with Crippen molar-refractivity contribution in [3.8, 4) is 0 Å². The number of carbonyl (C=O) groups is 1. The molecule has 1 unspecified atom stereocenters. The highest BCUT2D eigenvalue weighted by Gasteiger charge is 2.44. The van der Waals surface area contributed by atoms with E-state index < -0.39 is 10.0 Å². The van der Waals surface area contributed by atoms with Crippen molar-refractivity contribution in [3.05, 3.63) is 35.9 Å². The molecule has 29 heavy (non-hydrogen) atoms. The standard InChI is InChI=1S/C22H32N2O4S/c1-29(26,27)23-13-11-20(12-14-23)28-21-15-18-8-9-19(16-21)24(18)22(25)10-7-17-5-3-2-4-6-17/h2-6,18-21H,7-16H2,1H3/t18-,19+,21?. The minimum absolute atomic E-state index is 0.137. The quantitative estimate of drug-likeness (QED) is 0.709. The molecule has 0 N–H and O–H groups in total. The predicted molar refractivity (Wildman–Crippen MR) is 112 cm³/mol. The molecule has 3 saturated heterocycles. The molecule has 3 aliphatic heterocycles. The van der Waals surface area contributed by atoms with Gasteiger partial charge in [-0.3, -0.25) is 4.79 Å². The minimum Gasteiger partial charge on any atom is -0.375 e. The zero-order chi connectivity index (χ0) is 20.4. The fourth-order valence-electron chi connectivity index (χ4n) is 5.24. The molecule has 1 aromatic rings. The number of aryl methyl sites for hydroxylation is 1. The third-order valence-electron chi connectivity index (χ3n) is 6.70. The molecule has 1 aromatic carbocycles. The summed E-state index contributed by atoms with van der Waals surface area (Å²) >= 11 is 0. The average Bonchev–Trinajstić information content (AvgIpc) is 2.97. The second-order valence-corrected chi connectivity index (χ2v) is 10.7. The first kappa shape index (κ1) is 20.8. The van der Waals surface area contributed by atoms with Crippen LogP contribution in [-0.2, 0) is 26.0 Å². The SMILES string of the molecule is CS(=O)(=O)N1CCC(OC2C[C@H]3CC[C@@H](C2)N3C(=O)CCc2ccccc2)CC1. The molecular formula is C22H32N2O4S. The number of piperidine rings is 2. The van der Waals surface area contributed by atoms with E-state index in [-0.39, 0.29) is 18.1 Å². The number of benzene rings is 1. The molecule has 3 fully saturated rings. The number of carbonyl (C=O) groups excluding carboxylic acids is 1. The summed E-state index contributed by atoms with van der Waals surface area (Å²) in [5, 5.41) is 0. The number of ether oxygens (including phenoxy) is 1. The second kappa shape index (κ2) is 8.74. The lowest BCUT2D eigenvalue weighted by atomic mass is 9.97. The number of amides is 1. The summed E-state index contributed by atoms with van der Waals surface area (Å²) in [5.74, 6) is 0.279. The Morgan fingerprint density at radius 3 is 2.21 bits per heavy atom. The van der Waals surface area contributed by atoms with Crippen LogP contribution in [0.25, 0.3) is 0 Å². The molecule has 6 nitrogen and oxygen atoms in total. The van der Waals surface area contributed by atoms with Gasteiger partial charge in [-0.1, -0.05) is 30.3 Å². The van der Waals surface area contributed by atoms with Crippen LogP contribution in [0.3, 0.4) is 0 Å². The van der Waals surface area contributed by atoms with Crippen molar-refractivity contribution in [1.29, 1.82) is 0 Å². The third kappa shape index (κ3) is 5.01. The van der Waals surface area contributed by atoms with Gasteiger partial charge in [0.1, 0.15) is 0 Å². The Morgan fingerprint density at radius 1 is 1.00 bits per heavy atom. The highest BCUT2D eigenvalue weighted by Crippen LogP contribution is 2.38. The lowest BCUT2D eigenvalue weighted by Crippen LogP contribution is -2.50. The van der Waals surface area contributed by atoms with Gasteiger partial charge in [-0.15, -0.1) is 0 Å². The number of nitrogens with zero attached hydrogens (tertiary/aromatic N) is 2. The first-order valence-electron chi connectivity index (χ1n) is 10.9. The van der Waals surface area contributed by atoms with E-state index >= 15 is 0 Å². The summed E-state index contributed by atoms with van der Waals surface area (Å²) in [5.41, 5.74) is 1.21. The second-order valence-electron chi connectivity index (χ2n) is 8.76. The fraction of sp³-hybridized carbons (Fsp3) is 0.682. The van der Waals surface area contributed by atoms with Crippen molar-refractivity contribution in [2.75, 3.05) is 19.3 Å². The Labute approximate surface area is 174 Å². The molecule has 160 valence electrons. The van der Waals surface area contributed by atoms with Crippen LogP contribution in [0.2, 0.25) is 0 Å². The van der Waals surface area contributed by atoms with E-state index in [4.69, 9.17) is 4.74 Å². The Hall–Kier alpha value is -1.44. The fourth-order valence-corrected chi connectivity index (χ4v) is 6.12. The average molecular weight is 421 g/mol. The van der Waals surface area contributed by atoms with Gasteiger partial charge in [-0.05, 0) is 50.5 Å². The number of hydrogen-bond acceptors (Lipinski definition) is 4. The van der Waals surface area contributed by atoms with Crippen molar-refractivity contribution in [3.63, 3.8) is 0 Å². The zero-order valence-corrected chi connectivity index (χ0v) is 18.0. The van der Waals surface area contributed by atoms with E-state index in [2.05, 4.69) is 17.0 Å². The lowest BCUT2D eigenvalue weighted by molar-refractivity contribution is -0.140. The molecule has 4 rings (SSSR count). The van der Waals surface area contributed by atoms with Crippen molar-refractivity contribution in [1.82, 2.24) is 9.21 Å². The lowest BCUT2D eigenvalue weighted by Gasteiger charge is -2.41. The summed E-state index contributed by atoms with van der Waals surface area (Å²) in [6.45, 7) is 1.10. The molecule has 0 aliphatic carbocycles. The van der Waals surface area contributed by atoms with Gasteiger partial charge in [0, 0.05) is 31.6 Å². The molecule has 3 heterocycles. The largest absolute Gasteiger partial charge is 0.375 e. The van der Waals surface area contributed by atoms with Gasteiger partial charge in [-0.2, -0.15) is 0 Å². The van der Waals surface area contributed by atoms with Crippen LogP contribution in [0.1, 0.15) is 50.5 Å². The van der Waals surface area contributed by atoms with E-state index in [1.54, 1.807) is 4.31 Å². The van der Waals surface area contributed by atoms with Gasteiger partial charge >= 0.3 is 0 Å². The summed E-state index contributed by atoms with van der Waals surface area (Å²) in [7, 11) is -3.10. The number of fused-ring (bicyclic) bond motifs is 2. The first-order chi connectivity index (χ1) is 13.9. The summed E-state index contributed by atoms with van der Waals surface area (Å²) in [4.78, 5) is 15.0. The van der Waals surface area contributed by atoms with Gasteiger partial charge in [0.2, 0.25) is 15.9 Å². The topological polar surface area (TPSA) is 66.9 Å². The van der Waals surface area contributed by atoms with E-state index in [0.717, 1.165) is 44.9 Å². The molecule has 2 bridgehead atoms. The Bertz CT molecular complexity index is 791. The smallest absolute Gasteiger partial charge is 0.223 e. The summed E-state index contributed by atoms with van der Waals surface area (Å²) in [6.07, 6.45) is 8.49. The summed E-state index contributed by atoms with van der Waals surface area (Å²) < 4.78 is 31.3. The van der Waals surface area contributed by atoms with Crippen molar-refractivity contribution in [2.45, 2.75) is 75.7 Å². The molecule has 0 radical (unpaired) electrons. The van der Waals surface area contributed by atoms with Crippen molar-refractivity contribution in [2.24, 2.45) is 0 Å². The monoisotopic (exact) mass is 420 g/mol. The predicted octanol–water partition coefficient (Wildman–Crippen LogP) is 2.58. The molecule has 7 heteroatoms. The van der Waals surface area contributed by atoms with Crippen LogP contribution in [0.5, 0.6) is 0 Å². The van der Waals surface area contributed by atoms with Crippen LogP contribution >= 0.6 is 0 Å². The normalized spacial score (nSPS) is 28.6. The van der Waals surface area contributed by atoms with Gasteiger partial charge in [0.15, 0.2) is 0 Å². The molecule has 0 saturated carbocycles. The number of sulfonamides is 1. The molecule has 3 aliphatic rings. The maximum atomic E-state index is 12.9. The van der Waals surface area contributed by atoms with Crippen LogP contribution in [-0.4, -0.2) is 67.2 Å². The molecule has 0 spiro atoms. The van der Waals surface area contributed by atoms with E-state index in [0.29, 0.717) is 31.6 Å². The van der Waals surface area contributed by atoms with E-state index in [1.165, 1.54) is 11.8 Å². The molecule has 1 amide bonds. The van der Waals surface area contributed by atoms with Crippen LogP contribution in [0, 0.1) is 0 Å². The summed E-state index contributed by atoms with van der Waals surface area (Å²) in [6, 6.07) is 10.8. The van der Waals surface area contributed by atoms with Crippen LogP contribution in [0.4, 0.5) is 0 Å². The number of hydrogen-bond donors (Lipinski definition) is 0. The minimum atomic E-state index is -3.10. The highest BCUT2D eigenvalue weighted by atomic mass is 32.2. The Kier molecular flexibility index (Phi) is 6.27. The molecule has 3 atom stereocenters. The molecular weight excluding hydrogens is 388 g/mol. The van der Waals surface area contributed by atoms with Crippen molar-refractivity contribution < 1.29 is 17.9 Å². The van der Waals surface area contributed by atoms with Crippen molar-refractivity contribution >= 4 is 15.9 Å². The van der Waals surface area contributed by atoms with Crippen LogP contribution in [0.15, 0.2) is 30.3 Å². The van der Waals surface area contributed by atoms with Gasteiger partial charge in [-0.25, -0.2) is 12.7 Å². The first-order valence-corrected chi connectivity index (χ1v) is 12.7. The van der Waals surface area contributed by atoms with Gasteiger partial charge in [0.05, 0.1) is 18.5 Å². The number of rotatable bonds is 6. The maximum absolute atomic E-state index is 12.9. The van der Waals surface area contributed by atoms with E-state index in [9.17, 15) is 13.2 Å². The zero-order valence-electron chi connectivity index (χ0n) is 17.2. The Balaban J connectivity index is 1.26. The highest BCUT2D eigenvalue weighted by molar-refractivity contribution is 7.88. The van der Waals surface area contributed by atoms with Gasteiger partial charge in [0.25, 0.3) is 0 Å². The third-order valence-corrected chi connectivity index (χ3v) is 8.01. The van der Waals surface area contributed by atoms with Crippen LogP contribution < -0.4 is 0 Å². The molecule has 0 aromatic heterocycles. The Morgan fingerprint density at radius 2 is 1.62 bits per heavy atom. The van der Waals surface area contributed by atoms with Gasteiger partial charge < -0.3 is 9.64 Å². The van der Waals surface area contributed by atoms with E-state index in [1.807, 2.05) is 18.2 Å².